The number of benzene rings is 12. The quantitative estimate of drug-likeness (QED) is 0.156. The number of hydrogen-bond donors (Lipinski definition) is 0. The molecule has 12 heterocycles. The van der Waals surface area contributed by atoms with Gasteiger partial charge in [0.1, 0.15) is 26.7 Å². The molecule has 584 valence electrons. The van der Waals surface area contributed by atoms with E-state index in [1.807, 2.05) is 52.0 Å². The average Bonchev–Trinajstić information content (AvgIpc) is 1.75. The van der Waals surface area contributed by atoms with E-state index in [1.54, 1.807) is 12.4 Å². The highest BCUT2D eigenvalue weighted by atomic mass is 16.4. The lowest BCUT2D eigenvalue weighted by molar-refractivity contribution is -0.634. The van der Waals surface area contributed by atoms with E-state index in [1.165, 1.54) is 98.2 Å². The number of para-hydroxylation sites is 5. The van der Waals surface area contributed by atoms with Crippen LogP contribution in [0, 0.1) is 41.5 Å². The van der Waals surface area contributed by atoms with E-state index in [0.717, 1.165) is 138 Å². The van der Waals surface area contributed by atoms with E-state index < -0.39 is 5.89 Å². The normalized spacial score (nSPS) is 12.1. The molecule has 0 amide bonds. The minimum atomic E-state index is -0.751. The summed E-state index contributed by atoms with van der Waals surface area (Å²) in [6.45, 7) is 16.6. The van der Waals surface area contributed by atoms with Gasteiger partial charge in [0.25, 0.3) is 5.82 Å². The van der Waals surface area contributed by atoms with Crippen molar-refractivity contribution < 1.29 is 37.3 Å². The molecule has 12 aromatic heterocycles. The molecular formula is C108H87N9O4+4. The Morgan fingerprint density at radius 1 is 0.306 bits per heavy atom. The van der Waals surface area contributed by atoms with Crippen molar-refractivity contribution in [3.63, 3.8) is 0 Å². The zero-order chi connectivity index (χ0) is 83.4. The van der Waals surface area contributed by atoms with E-state index in [4.69, 9.17) is 24.0 Å². The first-order chi connectivity index (χ1) is 59.3. The maximum absolute atomic E-state index is 8.90. The maximum Gasteiger partial charge on any atom is 0.293 e. The number of furan rings is 4. The number of fused-ring (bicyclic) bond motifs is 24. The predicted molar refractivity (Wildman–Crippen MR) is 494 cm³/mol. The minimum Gasteiger partial charge on any atom is -0.437 e. The fourth-order valence-corrected chi connectivity index (χ4v) is 19.4. The van der Waals surface area contributed by atoms with Gasteiger partial charge in [-0.15, -0.1) is 0 Å². The highest BCUT2D eigenvalue weighted by Gasteiger charge is 2.33. The summed E-state index contributed by atoms with van der Waals surface area (Å²) in [5, 5.41) is 22.0. The van der Waals surface area contributed by atoms with Gasteiger partial charge in [-0.3, -0.25) is 0 Å². The molecule has 24 aromatic rings. The summed E-state index contributed by atoms with van der Waals surface area (Å²) in [5.41, 5.74) is 27.6. The first kappa shape index (κ1) is 72.6. The predicted octanol–water partition coefficient (Wildman–Crippen LogP) is 25.4. The SMILES string of the molecule is Cc1c(-c2ccc3ccccc3[n+]2C)c2oc3ncccc3c2c2ccccc12.Cc1c(-c2n(C)c3ccccc3[n+]2C)c2oc3ncccc3c2c2ccccc12.Cc1ccc2c(n1)oc1c(-c3ccc4ccccc4[n+]3C)c(C)c3ccccc3c12.[2H]C(C)(C)c1cc(-c2c(C)c3ccccc3c3c2oc2nc(C)ccc23)[n+](C)c2ccccc12. The number of pyridine rings is 7. The van der Waals surface area contributed by atoms with Gasteiger partial charge in [0.2, 0.25) is 56.5 Å². The number of rotatable bonds is 5. The van der Waals surface area contributed by atoms with Gasteiger partial charge in [0.15, 0.2) is 33.4 Å². The van der Waals surface area contributed by atoms with Crippen LogP contribution in [0.25, 0.3) is 220 Å². The van der Waals surface area contributed by atoms with Crippen LogP contribution in [0.2, 0.25) is 0 Å². The van der Waals surface area contributed by atoms with Gasteiger partial charge in [-0.1, -0.05) is 159 Å². The molecule has 13 nitrogen and oxygen atoms in total. The van der Waals surface area contributed by atoms with E-state index >= 15 is 0 Å². The molecule has 0 atom stereocenters. The Kier molecular flexibility index (Phi) is 17.3. The van der Waals surface area contributed by atoms with Crippen molar-refractivity contribution in [2.45, 2.75) is 61.3 Å². The molecule has 0 saturated heterocycles. The zero-order valence-electron chi connectivity index (χ0n) is 70.8. The Labute approximate surface area is 698 Å². The summed E-state index contributed by atoms with van der Waals surface area (Å²) in [7, 11) is 10.6. The maximum atomic E-state index is 8.90. The first-order valence-corrected chi connectivity index (χ1v) is 41.2. The fourth-order valence-electron chi connectivity index (χ4n) is 19.4. The Bertz CT molecular complexity index is 8510. The minimum absolute atomic E-state index is 0.663. The van der Waals surface area contributed by atoms with Crippen molar-refractivity contribution in [2.24, 2.45) is 35.2 Å². The van der Waals surface area contributed by atoms with Crippen molar-refractivity contribution in [3.05, 3.63) is 325 Å². The Morgan fingerprint density at radius 3 is 1.07 bits per heavy atom. The summed E-state index contributed by atoms with van der Waals surface area (Å²) in [6.07, 6.45) is 3.58. The molecule has 0 aliphatic carbocycles. The molecule has 0 aliphatic heterocycles. The summed E-state index contributed by atoms with van der Waals surface area (Å²) in [5.74, 6) is 0.373. The smallest absolute Gasteiger partial charge is 0.293 e. The zero-order valence-corrected chi connectivity index (χ0v) is 69.8. The summed E-state index contributed by atoms with van der Waals surface area (Å²) in [6, 6.07) is 95.5. The number of aryl methyl sites for hydroxylation is 11. The van der Waals surface area contributed by atoms with Crippen molar-refractivity contribution in [1.82, 2.24) is 24.5 Å². The van der Waals surface area contributed by atoms with Gasteiger partial charge in [0, 0.05) is 121 Å². The van der Waals surface area contributed by atoms with Gasteiger partial charge in [-0.25, -0.2) is 29.1 Å². The Balaban J connectivity index is 0.000000100. The second kappa shape index (κ2) is 28.8. The number of hydrogen-bond acceptors (Lipinski definition) is 8. The second-order valence-corrected chi connectivity index (χ2v) is 32.4. The molecule has 13 heteroatoms. The van der Waals surface area contributed by atoms with E-state index in [2.05, 4.69) is 349 Å². The molecule has 121 heavy (non-hydrogen) atoms. The van der Waals surface area contributed by atoms with Crippen LogP contribution >= 0.6 is 0 Å². The molecule has 0 bridgehead atoms. The third-order valence-electron chi connectivity index (χ3n) is 25.3. The molecule has 0 fully saturated rings. The van der Waals surface area contributed by atoms with E-state index in [9.17, 15) is 0 Å². The standard InChI is InChI=1S/C30H27N2O.C27H21N2O.C26H19N2O.C25H20N3O/c1-17(2)24-16-26(32(5)25-13-9-8-11-21(24)25)27-19(4)20-10-6-7-12-22(20)28-23-15-14-18(3)31-30(23)33-29(27)28;1-16-12-14-21-25-20-10-6-5-9-19(20)17(2)24(26(25)30-27(21)28-16)23-15-13-18-8-4-7-11-22(18)29(23)3;1-16-18-9-4-5-10-19(18)24-20-11-7-15-27-26(20)29-25(24)23(16)22-14-13-17-8-3-6-12-21(17)28(22)2;1-15-16-9-4-5-10-17(16)22-18-11-8-14-26-24(18)29-23(22)21(15)25-27(2)19-12-6-7-13-20(19)28(25)3/h6-17H,1-5H3;4-15H,1-3H3;3-15H,1-2H3;4-14H,1-3H3/q4*+1/i17D;;;. The molecular weight excluding hydrogens is 1490 g/mol. The van der Waals surface area contributed by atoms with Crippen LogP contribution in [0.15, 0.2) is 303 Å². The molecule has 12 aromatic carbocycles. The van der Waals surface area contributed by atoms with Gasteiger partial charge in [-0.05, 0) is 209 Å². The topological polar surface area (TPSA) is 125 Å². The molecule has 0 radical (unpaired) electrons. The lowest BCUT2D eigenvalue weighted by Crippen LogP contribution is -2.33. The monoisotopic (exact) mass is 1570 g/mol. The third-order valence-corrected chi connectivity index (χ3v) is 25.3. The van der Waals surface area contributed by atoms with Gasteiger partial charge in [-0.2, -0.15) is 13.7 Å². The lowest BCUT2D eigenvalue weighted by atomic mass is 9.90. The lowest BCUT2D eigenvalue weighted by Gasteiger charge is -2.15. The van der Waals surface area contributed by atoms with Crippen LogP contribution in [-0.4, -0.2) is 24.5 Å². The van der Waals surface area contributed by atoms with Crippen LogP contribution in [0.5, 0.6) is 0 Å². The summed E-state index contributed by atoms with van der Waals surface area (Å²) >= 11 is 0. The summed E-state index contributed by atoms with van der Waals surface area (Å²) in [4.78, 5) is 18.4. The Morgan fingerprint density at radius 2 is 0.636 bits per heavy atom. The molecule has 0 aliphatic rings. The van der Waals surface area contributed by atoms with E-state index in [0.29, 0.717) is 22.9 Å². The van der Waals surface area contributed by atoms with E-state index in [-0.39, 0.29) is 0 Å². The van der Waals surface area contributed by atoms with Gasteiger partial charge in [0.05, 0.1) is 30.8 Å². The molecule has 0 saturated carbocycles. The van der Waals surface area contributed by atoms with Gasteiger partial charge < -0.3 is 17.7 Å². The van der Waals surface area contributed by atoms with Crippen molar-refractivity contribution >= 4 is 175 Å². The largest absolute Gasteiger partial charge is 0.437 e. The second-order valence-electron chi connectivity index (χ2n) is 32.4. The highest BCUT2D eigenvalue weighted by molar-refractivity contribution is 6.27. The van der Waals surface area contributed by atoms with Crippen LogP contribution in [-0.2, 0) is 35.2 Å². The fraction of sp³-hybridized carbons (Fsp3) is 0.130. The van der Waals surface area contributed by atoms with Crippen LogP contribution in [0.1, 0.15) is 60.3 Å². The molecule has 0 N–H and O–H groups in total. The van der Waals surface area contributed by atoms with Crippen LogP contribution < -0.4 is 18.3 Å². The molecule has 24 rings (SSSR count). The van der Waals surface area contributed by atoms with Crippen molar-refractivity contribution in [3.8, 4) is 45.2 Å². The van der Waals surface area contributed by atoms with Gasteiger partial charge >= 0.3 is 0 Å². The van der Waals surface area contributed by atoms with Crippen molar-refractivity contribution in [2.75, 3.05) is 0 Å². The van der Waals surface area contributed by atoms with Crippen LogP contribution in [0.3, 0.4) is 0 Å². The molecule has 0 unspecified atom stereocenters. The number of nitrogens with zero attached hydrogens (tertiary/aromatic N) is 9. The average molecular weight is 1580 g/mol. The summed E-state index contributed by atoms with van der Waals surface area (Å²) < 4.78 is 45.9. The Hall–Kier alpha value is -14.8. The number of aromatic nitrogens is 9. The number of imidazole rings is 1. The third kappa shape index (κ3) is 11.6. The first-order valence-electron chi connectivity index (χ1n) is 41.7. The molecule has 0 spiro atoms. The van der Waals surface area contributed by atoms with Crippen LogP contribution in [0.4, 0.5) is 0 Å². The highest BCUT2D eigenvalue weighted by Crippen LogP contribution is 2.48. The van der Waals surface area contributed by atoms with Crippen molar-refractivity contribution in [1.29, 1.82) is 0 Å².